The number of hydrogen-bond acceptors (Lipinski definition) is 8. The van der Waals surface area contributed by atoms with Crippen molar-refractivity contribution in [1.29, 1.82) is 0 Å². The van der Waals surface area contributed by atoms with Gasteiger partial charge in [0.05, 0.1) is 24.3 Å². The molecule has 2 aromatic heterocycles. The highest BCUT2D eigenvalue weighted by atomic mass is 19.4. The lowest BCUT2D eigenvalue weighted by molar-refractivity contribution is -0.168. The summed E-state index contributed by atoms with van der Waals surface area (Å²) >= 11 is 0. The van der Waals surface area contributed by atoms with Gasteiger partial charge in [-0.1, -0.05) is 6.92 Å². The van der Waals surface area contributed by atoms with Crippen LogP contribution in [-0.2, 0) is 0 Å². The molecular formula is C24H28F3N5O5. The Hall–Kier alpha value is -3.45. The molecule has 3 N–H and O–H groups in total. The number of aromatic nitrogens is 2. The first-order valence-electron chi connectivity index (χ1n) is 11.8. The Morgan fingerprint density at radius 3 is 2.78 bits per heavy atom. The molecule has 2 bridgehead atoms. The number of nitrogens with zero attached hydrogens (tertiary/aromatic N) is 4. The maximum Gasteiger partial charge on any atom is 0.391 e. The molecule has 4 rings (SSSR count). The summed E-state index contributed by atoms with van der Waals surface area (Å²) in [6, 6.07) is 3.85. The third-order valence-corrected chi connectivity index (χ3v) is 6.42. The van der Waals surface area contributed by atoms with E-state index >= 15 is 0 Å². The highest BCUT2D eigenvalue weighted by Crippen LogP contribution is 2.40. The Bertz CT molecular complexity index is 1180. The third kappa shape index (κ3) is 5.77. The SMILES string of the molecule is Cc1cc2c(nc1C(=O)C[C@H](C)C(F)(F)F)N(C(=O)Nc1cc(OC[C@H](O)CO)ccn1)[C@H]1CCN2C1. The number of urea groups is 1. The minimum absolute atomic E-state index is 0.0916. The number of amides is 2. The lowest BCUT2D eigenvalue weighted by atomic mass is 9.99. The van der Waals surface area contributed by atoms with E-state index in [2.05, 4.69) is 15.3 Å². The number of rotatable bonds is 8. The van der Waals surface area contributed by atoms with Crippen molar-refractivity contribution in [2.24, 2.45) is 5.92 Å². The minimum atomic E-state index is -4.50. The number of anilines is 3. The topological polar surface area (TPSA) is 128 Å². The molecule has 0 spiro atoms. The Morgan fingerprint density at radius 1 is 1.32 bits per heavy atom. The molecule has 3 atom stereocenters. The summed E-state index contributed by atoms with van der Waals surface area (Å²) in [6.45, 7) is 3.17. The van der Waals surface area contributed by atoms with Crippen LogP contribution in [0.1, 0.15) is 35.8 Å². The molecule has 13 heteroatoms. The number of ketones is 1. The zero-order valence-corrected chi connectivity index (χ0v) is 20.3. The summed E-state index contributed by atoms with van der Waals surface area (Å²) in [5.41, 5.74) is 0.983. The normalized spacial score (nSPS) is 18.3. The lowest BCUT2D eigenvalue weighted by Crippen LogP contribution is -2.48. The van der Waals surface area contributed by atoms with Gasteiger partial charge >= 0.3 is 12.2 Å². The summed E-state index contributed by atoms with van der Waals surface area (Å²) in [4.78, 5) is 38.1. The fraction of sp³-hybridized carbons (Fsp3) is 0.500. The number of aliphatic hydroxyl groups excluding tert-OH is 2. The average Bonchev–Trinajstić information content (AvgIpc) is 3.26. The molecule has 1 fully saturated rings. The van der Waals surface area contributed by atoms with Gasteiger partial charge in [-0.25, -0.2) is 14.8 Å². The minimum Gasteiger partial charge on any atom is -0.491 e. The van der Waals surface area contributed by atoms with Gasteiger partial charge in [0, 0.05) is 31.8 Å². The number of carbonyl (C=O) groups is 2. The van der Waals surface area contributed by atoms with Crippen LogP contribution >= 0.6 is 0 Å². The fourth-order valence-electron chi connectivity index (χ4n) is 4.36. The second-order valence-electron chi connectivity index (χ2n) is 9.28. The molecule has 10 nitrogen and oxygen atoms in total. The van der Waals surface area contributed by atoms with Crippen LogP contribution in [0.15, 0.2) is 24.4 Å². The molecule has 0 saturated carbocycles. The molecule has 1 saturated heterocycles. The number of pyridine rings is 2. The van der Waals surface area contributed by atoms with Gasteiger partial charge < -0.3 is 19.8 Å². The van der Waals surface area contributed by atoms with Crippen LogP contribution in [0.4, 0.5) is 35.3 Å². The Balaban J connectivity index is 1.59. The van der Waals surface area contributed by atoms with Crippen molar-refractivity contribution in [3.63, 3.8) is 0 Å². The number of fused-ring (bicyclic) bond motifs is 4. The molecule has 200 valence electrons. The summed E-state index contributed by atoms with van der Waals surface area (Å²) in [7, 11) is 0. The molecule has 2 aliphatic heterocycles. The average molecular weight is 524 g/mol. The molecule has 4 heterocycles. The number of alkyl halides is 3. The van der Waals surface area contributed by atoms with Crippen LogP contribution < -0.4 is 19.9 Å². The molecule has 0 unspecified atom stereocenters. The maximum atomic E-state index is 13.4. The number of ether oxygens (including phenoxy) is 1. The van der Waals surface area contributed by atoms with E-state index in [0.29, 0.717) is 36.5 Å². The predicted octanol–water partition coefficient (Wildman–Crippen LogP) is 2.92. The van der Waals surface area contributed by atoms with Gasteiger partial charge in [-0.05, 0) is 31.0 Å². The number of halogens is 3. The van der Waals surface area contributed by atoms with Gasteiger partial charge in [0.1, 0.15) is 30.0 Å². The molecule has 0 aromatic carbocycles. The molecule has 2 aromatic rings. The van der Waals surface area contributed by atoms with Gasteiger partial charge in [0.25, 0.3) is 0 Å². The third-order valence-electron chi connectivity index (χ3n) is 6.42. The smallest absolute Gasteiger partial charge is 0.391 e. The monoisotopic (exact) mass is 523 g/mol. The highest BCUT2D eigenvalue weighted by molar-refractivity contribution is 6.05. The maximum absolute atomic E-state index is 13.4. The van der Waals surface area contributed by atoms with Gasteiger partial charge in [-0.3, -0.25) is 15.0 Å². The van der Waals surface area contributed by atoms with Crippen LogP contribution in [0.5, 0.6) is 5.75 Å². The largest absolute Gasteiger partial charge is 0.491 e. The van der Waals surface area contributed by atoms with E-state index in [1.165, 1.54) is 23.2 Å². The van der Waals surface area contributed by atoms with Crippen molar-refractivity contribution < 1.29 is 37.7 Å². The molecule has 0 aliphatic carbocycles. The standard InChI is InChI=1S/C24H28F3N5O5/c1-13-7-18-22(30-21(13)19(35)8-14(2)24(25,26)27)32(15-4-6-31(18)10-15)23(36)29-20-9-17(3-5-28-20)37-12-16(34)11-33/h3,5,7,9,14-16,33-34H,4,6,8,10-12H2,1-2H3,(H,28,29,36)/t14-,15-,16+/m0/s1. The van der Waals surface area contributed by atoms with Crippen molar-refractivity contribution in [2.45, 2.75) is 45.0 Å². The van der Waals surface area contributed by atoms with Crippen molar-refractivity contribution >= 4 is 29.1 Å². The first kappa shape index (κ1) is 26.6. The number of Topliss-reactive ketones (excluding diaryl/α,β-unsaturated/α-hetero) is 1. The highest BCUT2D eigenvalue weighted by Gasteiger charge is 2.42. The van der Waals surface area contributed by atoms with Crippen molar-refractivity contribution in [2.75, 3.05) is 41.4 Å². The quantitative estimate of drug-likeness (QED) is 0.451. The summed E-state index contributed by atoms with van der Waals surface area (Å²) in [5.74, 6) is -1.89. The van der Waals surface area contributed by atoms with E-state index in [4.69, 9.17) is 9.84 Å². The summed E-state index contributed by atoms with van der Waals surface area (Å²) in [5, 5.41) is 21.1. The second-order valence-corrected chi connectivity index (χ2v) is 9.28. The lowest BCUT2D eigenvalue weighted by Gasteiger charge is -2.36. The fourth-order valence-corrected chi connectivity index (χ4v) is 4.36. The number of hydrogen-bond donors (Lipinski definition) is 3. The molecular weight excluding hydrogens is 495 g/mol. The summed E-state index contributed by atoms with van der Waals surface area (Å²) < 4.78 is 44.5. The number of aliphatic hydroxyl groups is 2. The number of carbonyl (C=O) groups excluding carboxylic acids is 2. The summed E-state index contributed by atoms with van der Waals surface area (Å²) in [6.07, 6.45) is -4.26. The van der Waals surface area contributed by atoms with E-state index in [-0.39, 0.29) is 30.0 Å². The van der Waals surface area contributed by atoms with E-state index in [9.17, 15) is 27.9 Å². The second kappa shape index (κ2) is 10.5. The zero-order chi connectivity index (χ0) is 26.9. The first-order valence-corrected chi connectivity index (χ1v) is 11.8. The van der Waals surface area contributed by atoms with E-state index in [1.807, 2.05) is 4.90 Å². The predicted molar refractivity (Wildman–Crippen MR) is 128 cm³/mol. The Morgan fingerprint density at radius 2 is 2.08 bits per heavy atom. The molecule has 0 radical (unpaired) electrons. The van der Waals surface area contributed by atoms with E-state index < -0.39 is 43.0 Å². The first-order chi connectivity index (χ1) is 17.5. The van der Waals surface area contributed by atoms with Crippen LogP contribution in [0, 0.1) is 12.8 Å². The van der Waals surface area contributed by atoms with Gasteiger partial charge in [-0.15, -0.1) is 0 Å². The van der Waals surface area contributed by atoms with Crippen LogP contribution in [0.2, 0.25) is 0 Å². The molecule has 2 aliphatic rings. The van der Waals surface area contributed by atoms with Crippen LogP contribution in [0.25, 0.3) is 0 Å². The van der Waals surface area contributed by atoms with Crippen LogP contribution in [0.3, 0.4) is 0 Å². The molecule has 37 heavy (non-hydrogen) atoms. The van der Waals surface area contributed by atoms with E-state index in [0.717, 1.165) is 6.92 Å². The van der Waals surface area contributed by atoms with Gasteiger partial charge in [-0.2, -0.15) is 13.2 Å². The van der Waals surface area contributed by atoms with Crippen molar-refractivity contribution in [1.82, 2.24) is 9.97 Å². The Labute approximate surface area is 211 Å². The van der Waals surface area contributed by atoms with Crippen molar-refractivity contribution in [3.05, 3.63) is 35.7 Å². The van der Waals surface area contributed by atoms with Gasteiger partial charge in [0.2, 0.25) is 0 Å². The number of nitrogens with one attached hydrogen (secondary N) is 1. The Kier molecular flexibility index (Phi) is 7.55. The van der Waals surface area contributed by atoms with Gasteiger partial charge in [0.15, 0.2) is 11.6 Å². The number of aryl methyl sites for hydroxylation is 1. The zero-order valence-electron chi connectivity index (χ0n) is 20.3. The van der Waals surface area contributed by atoms with Crippen molar-refractivity contribution in [3.8, 4) is 5.75 Å². The molecule has 2 amide bonds. The van der Waals surface area contributed by atoms with Crippen LogP contribution in [-0.4, -0.2) is 76.6 Å². The van der Waals surface area contributed by atoms with E-state index in [1.54, 1.807) is 13.0 Å².